The molecule has 2 amide bonds. The van der Waals surface area contributed by atoms with E-state index in [1.165, 1.54) is 16.5 Å². The molecule has 37 heavy (non-hydrogen) atoms. The molecule has 1 aromatic heterocycles. The van der Waals surface area contributed by atoms with E-state index in [-0.39, 0.29) is 29.7 Å². The van der Waals surface area contributed by atoms with Crippen LogP contribution < -0.4 is 0 Å². The maximum Gasteiger partial charge on any atom is 0.242 e. The number of rotatable bonds is 10. The fraction of sp³-hybridized carbons (Fsp3) is 0.500. The van der Waals surface area contributed by atoms with Crippen LogP contribution in [0.2, 0.25) is 0 Å². The maximum absolute atomic E-state index is 13.7. The van der Waals surface area contributed by atoms with Gasteiger partial charge in [0.15, 0.2) is 0 Å². The molecule has 1 heterocycles. The second-order valence-electron chi connectivity index (χ2n) is 12.1. The monoisotopic (exact) mass is 501 g/mol. The Morgan fingerprint density at radius 3 is 2.32 bits per heavy atom. The minimum Gasteiger partial charge on any atom is -0.361 e. The second-order valence-corrected chi connectivity index (χ2v) is 12.1. The van der Waals surface area contributed by atoms with Crippen LogP contribution in [-0.2, 0) is 28.0 Å². The van der Waals surface area contributed by atoms with Gasteiger partial charge in [0, 0.05) is 42.7 Å². The molecule has 1 N–H and O–H groups in total. The molecule has 4 rings (SSSR count). The summed E-state index contributed by atoms with van der Waals surface area (Å²) in [6, 6.07) is 16.9. The predicted molar refractivity (Wildman–Crippen MR) is 151 cm³/mol. The van der Waals surface area contributed by atoms with Crippen molar-refractivity contribution in [3.8, 4) is 0 Å². The summed E-state index contributed by atoms with van der Waals surface area (Å²) < 4.78 is 0. The van der Waals surface area contributed by atoms with Crippen LogP contribution in [0.3, 0.4) is 0 Å². The fourth-order valence-electron chi connectivity index (χ4n) is 5.07. The highest BCUT2D eigenvalue weighted by molar-refractivity contribution is 5.86. The third-order valence-electron chi connectivity index (χ3n) is 7.55. The molecule has 1 aliphatic rings. The van der Waals surface area contributed by atoms with Crippen molar-refractivity contribution in [1.29, 1.82) is 0 Å². The molecule has 198 valence electrons. The minimum absolute atomic E-state index is 0.0214. The zero-order valence-corrected chi connectivity index (χ0v) is 23.2. The molecule has 5 nitrogen and oxygen atoms in total. The van der Waals surface area contributed by atoms with Gasteiger partial charge in [-0.25, -0.2) is 0 Å². The zero-order chi connectivity index (χ0) is 26.6. The smallest absolute Gasteiger partial charge is 0.242 e. The molecule has 0 spiro atoms. The summed E-state index contributed by atoms with van der Waals surface area (Å²) in [6.45, 7) is 12.8. The van der Waals surface area contributed by atoms with Crippen molar-refractivity contribution < 1.29 is 9.59 Å². The molecule has 0 aliphatic heterocycles. The number of nitrogens with zero attached hydrogens (tertiary/aromatic N) is 2. The molecule has 0 saturated heterocycles. The van der Waals surface area contributed by atoms with Gasteiger partial charge >= 0.3 is 0 Å². The van der Waals surface area contributed by atoms with Crippen molar-refractivity contribution in [1.82, 2.24) is 14.8 Å². The first-order valence-corrected chi connectivity index (χ1v) is 13.8. The fourth-order valence-corrected chi connectivity index (χ4v) is 5.07. The first-order valence-electron chi connectivity index (χ1n) is 13.8. The van der Waals surface area contributed by atoms with Crippen molar-refractivity contribution in [3.05, 3.63) is 71.4 Å². The SMILES string of the molecule is CC(C)CN(CC(=O)N(CCc1c[nH]c2ccccc12)Cc1ccc(C(C)(C)C)cc1)C(=O)C1CCC1. The van der Waals surface area contributed by atoms with E-state index >= 15 is 0 Å². The van der Waals surface area contributed by atoms with E-state index in [2.05, 4.69) is 88.3 Å². The van der Waals surface area contributed by atoms with Gasteiger partial charge in [0.2, 0.25) is 11.8 Å². The van der Waals surface area contributed by atoms with Crippen molar-refractivity contribution in [2.45, 2.75) is 72.3 Å². The lowest BCUT2D eigenvalue weighted by atomic mass is 9.84. The van der Waals surface area contributed by atoms with Crippen LogP contribution >= 0.6 is 0 Å². The van der Waals surface area contributed by atoms with Gasteiger partial charge in [-0.1, -0.05) is 83.5 Å². The number of fused-ring (bicyclic) bond motifs is 1. The Morgan fingerprint density at radius 1 is 1.00 bits per heavy atom. The van der Waals surface area contributed by atoms with Gasteiger partial charge in [-0.15, -0.1) is 0 Å². The summed E-state index contributed by atoms with van der Waals surface area (Å²) in [5, 5.41) is 1.20. The Hall–Kier alpha value is -3.08. The van der Waals surface area contributed by atoms with E-state index in [0.717, 1.165) is 36.8 Å². The highest BCUT2D eigenvalue weighted by atomic mass is 16.2. The topological polar surface area (TPSA) is 56.4 Å². The summed E-state index contributed by atoms with van der Waals surface area (Å²) in [5.41, 5.74) is 4.80. The molecule has 1 aliphatic carbocycles. The largest absolute Gasteiger partial charge is 0.361 e. The van der Waals surface area contributed by atoms with E-state index in [0.29, 0.717) is 25.6 Å². The predicted octanol–water partition coefficient (Wildman–Crippen LogP) is 6.32. The van der Waals surface area contributed by atoms with E-state index in [4.69, 9.17) is 0 Å². The lowest BCUT2D eigenvalue weighted by Crippen LogP contribution is -2.47. The number of carbonyl (C=O) groups excluding carboxylic acids is 2. The highest BCUT2D eigenvalue weighted by Crippen LogP contribution is 2.29. The quantitative estimate of drug-likeness (QED) is 0.353. The zero-order valence-electron chi connectivity index (χ0n) is 23.2. The number of aromatic amines is 1. The van der Waals surface area contributed by atoms with Gasteiger partial charge in [0.05, 0.1) is 6.54 Å². The van der Waals surface area contributed by atoms with Crippen LogP contribution in [0.25, 0.3) is 10.9 Å². The highest BCUT2D eigenvalue weighted by Gasteiger charge is 2.31. The van der Waals surface area contributed by atoms with Gasteiger partial charge in [0.1, 0.15) is 0 Å². The van der Waals surface area contributed by atoms with Crippen LogP contribution in [-0.4, -0.2) is 46.2 Å². The molecule has 0 radical (unpaired) electrons. The number of H-pyrrole nitrogens is 1. The van der Waals surface area contributed by atoms with Gasteiger partial charge in [0.25, 0.3) is 0 Å². The van der Waals surface area contributed by atoms with Gasteiger partial charge in [-0.2, -0.15) is 0 Å². The van der Waals surface area contributed by atoms with Crippen molar-refractivity contribution >= 4 is 22.7 Å². The van der Waals surface area contributed by atoms with Crippen LogP contribution in [0.5, 0.6) is 0 Å². The lowest BCUT2D eigenvalue weighted by molar-refractivity contribution is -0.145. The molecule has 0 atom stereocenters. The number of hydrogen-bond donors (Lipinski definition) is 1. The average Bonchev–Trinajstić information content (AvgIpc) is 3.22. The van der Waals surface area contributed by atoms with Crippen molar-refractivity contribution in [2.75, 3.05) is 19.6 Å². The van der Waals surface area contributed by atoms with Crippen LogP contribution in [0.15, 0.2) is 54.7 Å². The normalized spacial score (nSPS) is 14.1. The van der Waals surface area contributed by atoms with Crippen LogP contribution in [0.1, 0.15) is 70.6 Å². The summed E-state index contributed by atoms with van der Waals surface area (Å²) in [7, 11) is 0. The standard InChI is InChI=1S/C32H43N3O2/c1-23(2)20-35(31(37)25-9-8-10-25)22-30(36)34(21-24-13-15-27(16-14-24)32(3,4)5)18-17-26-19-33-29-12-7-6-11-28(26)29/h6-7,11-16,19,23,25,33H,8-10,17-18,20-22H2,1-5H3. The molecule has 1 saturated carbocycles. The third-order valence-corrected chi connectivity index (χ3v) is 7.55. The van der Waals surface area contributed by atoms with Gasteiger partial charge in [-0.3, -0.25) is 9.59 Å². The first kappa shape index (κ1) is 27.0. The second kappa shape index (κ2) is 11.5. The van der Waals surface area contributed by atoms with Gasteiger partial charge < -0.3 is 14.8 Å². The molecule has 0 bridgehead atoms. The molecule has 5 heteroatoms. The number of nitrogens with one attached hydrogen (secondary N) is 1. The van der Waals surface area contributed by atoms with E-state index in [9.17, 15) is 9.59 Å². The summed E-state index contributed by atoms with van der Waals surface area (Å²) in [6.07, 6.45) is 5.83. The Kier molecular flexibility index (Phi) is 8.41. The summed E-state index contributed by atoms with van der Waals surface area (Å²) in [4.78, 5) is 34.0. The van der Waals surface area contributed by atoms with Gasteiger partial charge in [-0.05, 0) is 53.4 Å². The van der Waals surface area contributed by atoms with E-state index in [1.807, 2.05) is 15.9 Å². The molecule has 2 aromatic carbocycles. The molecular weight excluding hydrogens is 458 g/mol. The molecular formula is C32H43N3O2. The summed E-state index contributed by atoms with van der Waals surface area (Å²) >= 11 is 0. The first-order chi connectivity index (χ1) is 17.6. The number of aromatic nitrogens is 1. The minimum atomic E-state index is 0.0214. The number of carbonyl (C=O) groups is 2. The molecule has 3 aromatic rings. The Morgan fingerprint density at radius 2 is 1.70 bits per heavy atom. The number of para-hydroxylation sites is 1. The van der Waals surface area contributed by atoms with E-state index < -0.39 is 0 Å². The van der Waals surface area contributed by atoms with Crippen LogP contribution in [0.4, 0.5) is 0 Å². The Bertz CT molecular complexity index is 1200. The average molecular weight is 502 g/mol. The van der Waals surface area contributed by atoms with Crippen molar-refractivity contribution in [3.63, 3.8) is 0 Å². The Labute approximate surface area is 222 Å². The molecule has 1 fully saturated rings. The van der Waals surface area contributed by atoms with E-state index in [1.54, 1.807) is 0 Å². The summed E-state index contributed by atoms with van der Waals surface area (Å²) in [5.74, 6) is 0.588. The maximum atomic E-state index is 13.7. The number of amides is 2. The third kappa shape index (κ3) is 6.82. The van der Waals surface area contributed by atoms with Crippen LogP contribution in [0, 0.1) is 11.8 Å². The lowest BCUT2D eigenvalue weighted by Gasteiger charge is -2.34. The number of benzene rings is 2. The van der Waals surface area contributed by atoms with Crippen molar-refractivity contribution in [2.24, 2.45) is 11.8 Å². The Balaban J connectivity index is 1.53. The molecule has 0 unspecified atom stereocenters. The number of hydrogen-bond acceptors (Lipinski definition) is 2.